The van der Waals surface area contributed by atoms with Crippen molar-refractivity contribution in [3.05, 3.63) is 36.3 Å². The van der Waals surface area contributed by atoms with Crippen LogP contribution < -0.4 is 4.68 Å². The molecule has 0 spiro atoms. The van der Waals surface area contributed by atoms with Gasteiger partial charge in [-0.2, -0.15) is 8.42 Å². The van der Waals surface area contributed by atoms with Gasteiger partial charge < -0.3 is 0 Å². The van der Waals surface area contributed by atoms with E-state index in [0.29, 0.717) is 5.52 Å². The van der Waals surface area contributed by atoms with Gasteiger partial charge in [-0.1, -0.05) is 4.68 Å². The van der Waals surface area contributed by atoms with Gasteiger partial charge in [0.2, 0.25) is 0 Å². The molecule has 1 aromatic heterocycles. The first-order chi connectivity index (χ1) is 7.94. The third-order valence-electron chi connectivity index (χ3n) is 2.23. The Morgan fingerprint density at radius 1 is 1.35 bits per heavy atom. The third-order valence-corrected chi connectivity index (χ3v) is 2.93. The lowest BCUT2D eigenvalue weighted by molar-refractivity contribution is -0.747. The van der Waals surface area contributed by atoms with Crippen LogP contribution in [0.3, 0.4) is 0 Å². The van der Waals surface area contributed by atoms with E-state index in [1.807, 2.05) is 0 Å². The Kier molecular flexibility index (Phi) is 3.03. The number of fused-ring (bicyclic) bond motifs is 1. The SMILES string of the molecule is O=S(=O)(O)CC[n+]1ccc2ccc(F)cc2n1. The van der Waals surface area contributed by atoms with Crippen molar-refractivity contribution in [2.45, 2.75) is 6.54 Å². The normalized spacial score (nSPS) is 11.9. The lowest BCUT2D eigenvalue weighted by atomic mass is 10.2. The minimum atomic E-state index is -4.02. The van der Waals surface area contributed by atoms with Crippen molar-refractivity contribution in [3.8, 4) is 0 Å². The van der Waals surface area contributed by atoms with Crippen LogP contribution >= 0.6 is 0 Å². The molecule has 0 aliphatic rings. The van der Waals surface area contributed by atoms with Crippen molar-refractivity contribution >= 4 is 21.0 Å². The minimum Gasteiger partial charge on any atom is -0.285 e. The second kappa shape index (κ2) is 4.34. The molecule has 0 atom stereocenters. The van der Waals surface area contributed by atoms with Crippen LogP contribution in [0.25, 0.3) is 10.9 Å². The topological polar surface area (TPSA) is 71.1 Å². The quantitative estimate of drug-likeness (QED) is 0.644. The molecule has 0 aliphatic carbocycles. The van der Waals surface area contributed by atoms with Crippen molar-refractivity contribution in [2.24, 2.45) is 0 Å². The van der Waals surface area contributed by atoms with Gasteiger partial charge in [-0.05, 0) is 12.1 Å². The fraction of sp³-hybridized carbons (Fsp3) is 0.200. The fourth-order valence-electron chi connectivity index (χ4n) is 1.42. The maximum atomic E-state index is 13.0. The minimum absolute atomic E-state index is 0.0191. The van der Waals surface area contributed by atoms with Crippen LogP contribution in [0.5, 0.6) is 0 Å². The lowest BCUT2D eigenvalue weighted by Gasteiger charge is -1.96. The van der Waals surface area contributed by atoms with E-state index in [0.717, 1.165) is 5.39 Å². The maximum Gasteiger partial charge on any atom is 0.271 e. The molecule has 0 saturated heterocycles. The summed E-state index contributed by atoms with van der Waals surface area (Å²) in [5.41, 5.74) is 0.433. The zero-order valence-corrected chi connectivity index (χ0v) is 9.56. The highest BCUT2D eigenvalue weighted by molar-refractivity contribution is 7.85. The van der Waals surface area contributed by atoms with E-state index >= 15 is 0 Å². The van der Waals surface area contributed by atoms with E-state index in [9.17, 15) is 12.8 Å². The van der Waals surface area contributed by atoms with Crippen molar-refractivity contribution in [3.63, 3.8) is 0 Å². The van der Waals surface area contributed by atoms with Gasteiger partial charge >= 0.3 is 0 Å². The van der Waals surface area contributed by atoms with Crippen LogP contribution in [0.1, 0.15) is 0 Å². The Labute approximate surface area is 97.3 Å². The predicted octanol–water partition coefficient (Wildman–Crippen LogP) is 0.549. The highest BCUT2D eigenvalue weighted by atomic mass is 32.2. The molecule has 1 aromatic carbocycles. The predicted molar refractivity (Wildman–Crippen MR) is 58.3 cm³/mol. The van der Waals surface area contributed by atoms with Gasteiger partial charge in [0.05, 0.1) is 0 Å². The Bertz CT molecular complexity index is 658. The number of benzene rings is 1. The van der Waals surface area contributed by atoms with Crippen LogP contribution in [0.2, 0.25) is 0 Å². The molecule has 7 heteroatoms. The zero-order valence-electron chi connectivity index (χ0n) is 8.75. The molecule has 2 aromatic rings. The van der Waals surface area contributed by atoms with Gasteiger partial charge in [0.1, 0.15) is 17.1 Å². The first-order valence-corrected chi connectivity index (χ1v) is 6.46. The van der Waals surface area contributed by atoms with E-state index in [2.05, 4.69) is 5.10 Å². The zero-order chi connectivity index (χ0) is 12.5. The van der Waals surface area contributed by atoms with Crippen molar-refractivity contribution in [2.75, 3.05) is 5.75 Å². The summed E-state index contributed by atoms with van der Waals surface area (Å²) in [6.07, 6.45) is 1.57. The summed E-state index contributed by atoms with van der Waals surface area (Å²) < 4.78 is 44.1. The smallest absolute Gasteiger partial charge is 0.271 e. The van der Waals surface area contributed by atoms with Crippen molar-refractivity contribution < 1.29 is 22.0 Å². The molecule has 2 rings (SSSR count). The van der Waals surface area contributed by atoms with E-state index in [-0.39, 0.29) is 6.54 Å². The van der Waals surface area contributed by atoms with Gasteiger partial charge in [0, 0.05) is 22.6 Å². The summed E-state index contributed by atoms with van der Waals surface area (Å²) in [6.45, 7) is 0.0191. The number of aromatic nitrogens is 2. The first kappa shape index (κ1) is 11.9. The Hall–Kier alpha value is -1.60. The van der Waals surface area contributed by atoms with E-state index < -0.39 is 21.7 Å². The summed E-state index contributed by atoms with van der Waals surface area (Å²) in [6, 6.07) is 5.88. The van der Waals surface area contributed by atoms with Gasteiger partial charge in [-0.15, -0.1) is 0 Å². The fourth-order valence-corrected chi connectivity index (χ4v) is 1.83. The number of hydrogen-bond donors (Lipinski definition) is 1. The van der Waals surface area contributed by atoms with Crippen LogP contribution in [-0.2, 0) is 16.7 Å². The highest BCUT2D eigenvalue weighted by Gasteiger charge is 2.11. The van der Waals surface area contributed by atoms with Crippen LogP contribution in [0, 0.1) is 5.82 Å². The molecule has 0 unspecified atom stereocenters. The summed E-state index contributed by atoms with van der Waals surface area (Å²) in [5, 5.41) is 4.80. The molecule has 90 valence electrons. The monoisotopic (exact) mass is 257 g/mol. The Morgan fingerprint density at radius 3 is 2.82 bits per heavy atom. The maximum absolute atomic E-state index is 13.0. The van der Waals surface area contributed by atoms with Crippen LogP contribution in [0.4, 0.5) is 4.39 Å². The number of rotatable bonds is 3. The summed E-state index contributed by atoms with van der Waals surface area (Å²) in [4.78, 5) is 0. The second-order valence-corrected chi connectivity index (χ2v) is 5.14. The van der Waals surface area contributed by atoms with Crippen LogP contribution in [0.15, 0.2) is 30.5 Å². The molecule has 17 heavy (non-hydrogen) atoms. The largest absolute Gasteiger partial charge is 0.285 e. The summed E-state index contributed by atoms with van der Waals surface area (Å²) in [7, 11) is -4.02. The molecule has 0 fully saturated rings. The number of hydrogen-bond acceptors (Lipinski definition) is 3. The number of halogens is 1. The van der Waals surface area contributed by atoms with E-state index in [1.165, 1.54) is 16.8 Å². The first-order valence-electron chi connectivity index (χ1n) is 4.85. The molecular formula is C10H10FN2O3S+. The second-order valence-electron chi connectivity index (χ2n) is 3.57. The Morgan fingerprint density at radius 2 is 2.12 bits per heavy atom. The van der Waals surface area contributed by atoms with Gasteiger partial charge in [-0.3, -0.25) is 4.55 Å². The third kappa shape index (κ3) is 3.18. The van der Waals surface area contributed by atoms with Gasteiger partial charge in [0.15, 0.2) is 12.7 Å². The molecule has 1 N–H and O–H groups in total. The van der Waals surface area contributed by atoms with E-state index in [4.69, 9.17) is 4.55 Å². The molecular weight excluding hydrogens is 247 g/mol. The van der Waals surface area contributed by atoms with E-state index in [1.54, 1.807) is 18.3 Å². The highest BCUT2D eigenvalue weighted by Crippen LogP contribution is 2.10. The van der Waals surface area contributed by atoms with Crippen molar-refractivity contribution in [1.82, 2.24) is 5.10 Å². The molecule has 0 saturated carbocycles. The lowest BCUT2D eigenvalue weighted by Crippen LogP contribution is -2.40. The molecule has 5 nitrogen and oxygen atoms in total. The van der Waals surface area contributed by atoms with Gasteiger partial charge in [-0.25, -0.2) is 4.39 Å². The molecule has 0 radical (unpaired) electrons. The molecule has 0 aliphatic heterocycles. The standard InChI is InChI=1S/C10H9FN2O3S/c11-9-2-1-8-3-4-13(12-10(8)7-9)5-6-17(14,15)16/h1-4,7H,5-6H2/p+1. The summed E-state index contributed by atoms with van der Waals surface area (Å²) in [5.74, 6) is -0.830. The number of aryl methyl sites for hydroxylation is 1. The van der Waals surface area contributed by atoms with Crippen molar-refractivity contribution in [1.29, 1.82) is 0 Å². The summed E-state index contributed by atoms with van der Waals surface area (Å²) >= 11 is 0. The molecule has 1 heterocycles. The molecule has 0 amide bonds. The van der Waals surface area contributed by atoms with Gasteiger partial charge in [0.25, 0.3) is 10.1 Å². The number of nitrogens with zero attached hydrogens (tertiary/aromatic N) is 2. The average molecular weight is 257 g/mol. The molecule has 0 bridgehead atoms. The van der Waals surface area contributed by atoms with Crippen LogP contribution in [-0.4, -0.2) is 23.8 Å². The Balaban J connectivity index is 2.31. The average Bonchev–Trinajstić information content (AvgIpc) is 2.24.